The van der Waals surface area contributed by atoms with Gasteiger partial charge in [-0.2, -0.15) is 0 Å². The van der Waals surface area contributed by atoms with Crippen LogP contribution in [0.1, 0.15) is 38.7 Å². The molecule has 1 aromatic rings. The molecule has 10 heteroatoms. The molecule has 0 aromatic heterocycles. The van der Waals surface area contributed by atoms with Gasteiger partial charge in [0.05, 0.1) is 0 Å². The fraction of sp³-hybridized carbons (Fsp3) is 0.500. The van der Waals surface area contributed by atoms with Gasteiger partial charge in [-0.3, -0.25) is 19.2 Å². The van der Waals surface area contributed by atoms with Crippen LogP contribution < -0.4 is 10.6 Å². The molecule has 196 valence electrons. The number of amides is 4. The fourth-order valence-corrected chi connectivity index (χ4v) is 4.28. The van der Waals surface area contributed by atoms with E-state index in [1.807, 2.05) is 44.2 Å². The Morgan fingerprint density at radius 1 is 1.17 bits per heavy atom. The highest BCUT2D eigenvalue weighted by Gasteiger charge is 2.42. The quantitative estimate of drug-likeness (QED) is 0.366. The van der Waals surface area contributed by atoms with Crippen molar-refractivity contribution in [3.8, 4) is 0 Å². The van der Waals surface area contributed by atoms with E-state index < -0.39 is 30.0 Å². The van der Waals surface area contributed by atoms with Crippen LogP contribution >= 0.6 is 0 Å². The van der Waals surface area contributed by atoms with Gasteiger partial charge >= 0.3 is 5.97 Å². The number of nitrogens with one attached hydrogen (secondary N) is 2. The van der Waals surface area contributed by atoms with Gasteiger partial charge in [-0.25, -0.2) is 4.79 Å². The van der Waals surface area contributed by atoms with Gasteiger partial charge in [-0.05, 0) is 30.4 Å². The van der Waals surface area contributed by atoms with Crippen LogP contribution in [0, 0.1) is 5.92 Å². The normalized spacial score (nSPS) is 17.3. The Bertz CT molecular complexity index is 964. The summed E-state index contributed by atoms with van der Waals surface area (Å²) in [5.74, 6) is -2.83. The number of aliphatic carboxylic acids is 1. The van der Waals surface area contributed by atoms with Crippen LogP contribution in [0.3, 0.4) is 0 Å². The van der Waals surface area contributed by atoms with Crippen molar-refractivity contribution in [3.05, 3.63) is 48.6 Å². The lowest BCUT2D eigenvalue weighted by atomic mass is 9.96. The van der Waals surface area contributed by atoms with E-state index in [0.29, 0.717) is 6.42 Å². The molecule has 1 heterocycles. The molecule has 1 saturated heterocycles. The lowest BCUT2D eigenvalue weighted by Gasteiger charge is -2.43. The summed E-state index contributed by atoms with van der Waals surface area (Å²) in [7, 11) is 1.45. The molecule has 2 rings (SSSR count). The number of nitrogens with zero attached hydrogens (tertiary/aromatic N) is 2. The molecule has 3 atom stereocenters. The SMILES string of the molecule is C=CC(=O)N1CCN([C@@H](Cc2ccccc2)C(=O)N[C@@H](CCC(=O)NC)C(=O)O)C(=O)[C@@H]1CC(C)C. The summed E-state index contributed by atoms with van der Waals surface area (Å²) >= 11 is 0. The fourth-order valence-electron chi connectivity index (χ4n) is 4.28. The molecular weight excluding hydrogens is 464 g/mol. The maximum absolute atomic E-state index is 13.6. The van der Waals surface area contributed by atoms with Gasteiger partial charge in [0.15, 0.2) is 0 Å². The minimum atomic E-state index is -1.29. The summed E-state index contributed by atoms with van der Waals surface area (Å²) < 4.78 is 0. The molecule has 1 aliphatic heterocycles. The van der Waals surface area contributed by atoms with Crippen molar-refractivity contribution in [2.24, 2.45) is 5.92 Å². The highest BCUT2D eigenvalue weighted by Crippen LogP contribution is 2.23. The number of hydrogen-bond acceptors (Lipinski definition) is 5. The Morgan fingerprint density at radius 3 is 2.39 bits per heavy atom. The third-order valence-corrected chi connectivity index (χ3v) is 6.18. The monoisotopic (exact) mass is 500 g/mol. The van der Waals surface area contributed by atoms with Gasteiger partial charge in [0.25, 0.3) is 0 Å². The van der Waals surface area contributed by atoms with Crippen molar-refractivity contribution in [1.29, 1.82) is 0 Å². The molecule has 1 aliphatic rings. The van der Waals surface area contributed by atoms with E-state index in [1.165, 1.54) is 22.9 Å². The van der Waals surface area contributed by atoms with Crippen molar-refractivity contribution < 1.29 is 29.1 Å². The van der Waals surface area contributed by atoms with E-state index >= 15 is 0 Å². The zero-order chi connectivity index (χ0) is 26.8. The number of rotatable bonds is 12. The topological polar surface area (TPSA) is 136 Å². The van der Waals surface area contributed by atoms with Crippen molar-refractivity contribution in [2.45, 2.75) is 57.7 Å². The van der Waals surface area contributed by atoms with Gasteiger partial charge in [-0.15, -0.1) is 0 Å². The molecule has 3 N–H and O–H groups in total. The molecule has 1 fully saturated rings. The molecule has 0 aliphatic carbocycles. The highest BCUT2D eigenvalue weighted by atomic mass is 16.4. The van der Waals surface area contributed by atoms with E-state index in [0.717, 1.165) is 5.56 Å². The van der Waals surface area contributed by atoms with Crippen LogP contribution in [-0.2, 0) is 30.4 Å². The van der Waals surface area contributed by atoms with Crippen LogP contribution in [0.4, 0.5) is 0 Å². The van der Waals surface area contributed by atoms with Crippen LogP contribution in [0.5, 0.6) is 0 Å². The smallest absolute Gasteiger partial charge is 0.326 e. The second kappa shape index (κ2) is 13.4. The van der Waals surface area contributed by atoms with Crippen LogP contribution in [-0.4, -0.2) is 82.8 Å². The number of benzene rings is 1. The Kier molecular flexibility index (Phi) is 10.6. The van der Waals surface area contributed by atoms with Crippen molar-refractivity contribution in [2.75, 3.05) is 20.1 Å². The Hall–Kier alpha value is -3.69. The first-order chi connectivity index (χ1) is 17.1. The average molecular weight is 501 g/mol. The van der Waals surface area contributed by atoms with Gasteiger partial charge in [0.1, 0.15) is 18.1 Å². The molecule has 4 amide bonds. The number of piperazine rings is 1. The maximum Gasteiger partial charge on any atom is 0.326 e. The second-order valence-electron chi connectivity index (χ2n) is 9.23. The van der Waals surface area contributed by atoms with Crippen molar-refractivity contribution in [1.82, 2.24) is 20.4 Å². The van der Waals surface area contributed by atoms with E-state index in [9.17, 15) is 29.1 Å². The van der Waals surface area contributed by atoms with Gasteiger partial charge in [0, 0.05) is 33.0 Å². The molecule has 36 heavy (non-hydrogen) atoms. The third kappa shape index (κ3) is 7.66. The first-order valence-corrected chi connectivity index (χ1v) is 12.1. The lowest BCUT2D eigenvalue weighted by molar-refractivity contribution is -0.155. The van der Waals surface area contributed by atoms with E-state index in [4.69, 9.17) is 0 Å². The number of carboxylic acids is 1. The van der Waals surface area contributed by atoms with E-state index in [-0.39, 0.29) is 56.0 Å². The predicted molar refractivity (Wildman–Crippen MR) is 134 cm³/mol. The van der Waals surface area contributed by atoms with Gasteiger partial charge in [-0.1, -0.05) is 50.8 Å². The van der Waals surface area contributed by atoms with Gasteiger partial charge < -0.3 is 25.5 Å². The molecule has 1 aromatic carbocycles. The van der Waals surface area contributed by atoms with Crippen molar-refractivity contribution in [3.63, 3.8) is 0 Å². The van der Waals surface area contributed by atoms with Crippen LogP contribution in [0.15, 0.2) is 43.0 Å². The highest BCUT2D eigenvalue weighted by molar-refractivity contribution is 5.96. The minimum absolute atomic E-state index is 0.0746. The molecule has 0 unspecified atom stereocenters. The predicted octanol–water partition coefficient (Wildman–Crippen LogP) is 0.965. The van der Waals surface area contributed by atoms with Crippen LogP contribution in [0.25, 0.3) is 0 Å². The summed E-state index contributed by atoms with van der Waals surface area (Å²) in [6, 6.07) is 6.09. The van der Waals surface area contributed by atoms with E-state index in [1.54, 1.807) is 0 Å². The summed E-state index contributed by atoms with van der Waals surface area (Å²) in [6.45, 7) is 7.77. The van der Waals surface area contributed by atoms with Crippen molar-refractivity contribution >= 4 is 29.6 Å². The summed E-state index contributed by atoms with van der Waals surface area (Å²) in [5, 5.41) is 14.6. The molecule has 0 radical (unpaired) electrons. The molecular formula is C26H36N4O6. The number of hydrogen-bond donors (Lipinski definition) is 3. The summed E-state index contributed by atoms with van der Waals surface area (Å²) in [6.07, 6.45) is 1.59. The minimum Gasteiger partial charge on any atom is -0.480 e. The second-order valence-corrected chi connectivity index (χ2v) is 9.23. The molecule has 0 saturated carbocycles. The zero-order valence-corrected chi connectivity index (χ0v) is 21.1. The molecule has 0 spiro atoms. The first-order valence-electron chi connectivity index (χ1n) is 12.1. The first kappa shape index (κ1) is 28.5. The maximum atomic E-state index is 13.6. The Labute approximate surface area is 211 Å². The lowest BCUT2D eigenvalue weighted by Crippen LogP contribution is -2.64. The number of carbonyl (C=O) groups is 5. The standard InChI is InChI=1S/C26H36N4O6/c1-5-23(32)29-13-14-30(25(34)21(29)15-17(2)3)20(16-18-9-7-6-8-10-18)24(33)28-19(26(35)36)11-12-22(31)27-4/h5-10,17,19-21H,1,11-16H2,2-4H3,(H,27,31)(H,28,33)(H,35,36)/t19-,20-,21-/m0/s1. The number of carbonyl (C=O) groups excluding carboxylic acids is 4. The zero-order valence-electron chi connectivity index (χ0n) is 21.1. The van der Waals surface area contributed by atoms with E-state index in [2.05, 4.69) is 17.2 Å². The molecule has 10 nitrogen and oxygen atoms in total. The molecule has 0 bridgehead atoms. The third-order valence-electron chi connectivity index (χ3n) is 6.18. The number of carboxylic acid groups (broad SMARTS) is 1. The Balaban J connectivity index is 2.35. The summed E-state index contributed by atoms with van der Waals surface area (Å²) in [5.41, 5.74) is 0.799. The van der Waals surface area contributed by atoms with Gasteiger partial charge in [0.2, 0.25) is 23.6 Å². The largest absolute Gasteiger partial charge is 0.480 e. The summed E-state index contributed by atoms with van der Waals surface area (Å²) in [4.78, 5) is 65.9. The van der Waals surface area contributed by atoms with Crippen LogP contribution in [0.2, 0.25) is 0 Å². The Morgan fingerprint density at radius 2 is 1.83 bits per heavy atom. The average Bonchev–Trinajstić information content (AvgIpc) is 2.85.